The zero-order valence-electron chi connectivity index (χ0n) is 6.53. The Labute approximate surface area is 66.4 Å². The van der Waals surface area contributed by atoms with Gasteiger partial charge in [0, 0.05) is 0 Å². The van der Waals surface area contributed by atoms with Gasteiger partial charge in [0.15, 0.2) is 0 Å². The predicted octanol–water partition coefficient (Wildman–Crippen LogP) is 2.15. The van der Waals surface area contributed by atoms with Crippen LogP contribution < -0.4 is 0 Å². The van der Waals surface area contributed by atoms with Gasteiger partial charge in [-0.05, 0) is 0 Å². The number of hydrogen-bond acceptors (Lipinski definition) is 0. The summed E-state index contributed by atoms with van der Waals surface area (Å²) in [5.41, 5.74) is 0. The SMILES string of the molecule is [AlH2][CH]1CCCCCCC1. The molecular formula is C8H17Al. The van der Waals surface area contributed by atoms with Crippen LogP contribution in [-0.2, 0) is 0 Å². The van der Waals surface area contributed by atoms with E-state index in [2.05, 4.69) is 0 Å². The summed E-state index contributed by atoms with van der Waals surface area (Å²) in [6, 6.07) is 0. The molecule has 0 unspecified atom stereocenters. The highest BCUT2D eigenvalue weighted by molar-refractivity contribution is 6.11. The van der Waals surface area contributed by atoms with Crippen molar-refractivity contribution in [3.05, 3.63) is 0 Å². The van der Waals surface area contributed by atoms with Crippen LogP contribution in [0.25, 0.3) is 0 Å². The van der Waals surface area contributed by atoms with E-state index >= 15 is 0 Å². The predicted molar refractivity (Wildman–Crippen MR) is 44.6 cm³/mol. The minimum atomic E-state index is 1.16. The third kappa shape index (κ3) is 3.28. The zero-order chi connectivity index (χ0) is 6.53. The van der Waals surface area contributed by atoms with E-state index in [0.717, 1.165) is 4.78 Å². The average molecular weight is 140 g/mol. The molecule has 0 saturated heterocycles. The highest BCUT2D eigenvalue weighted by Crippen LogP contribution is 2.23. The van der Waals surface area contributed by atoms with Crippen LogP contribution in [-0.4, -0.2) is 16.3 Å². The fourth-order valence-electron chi connectivity index (χ4n) is 1.66. The van der Waals surface area contributed by atoms with Crippen molar-refractivity contribution in [3.8, 4) is 0 Å². The van der Waals surface area contributed by atoms with Crippen molar-refractivity contribution >= 4 is 16.3 Å². The van der Waals surface area contributed by atoms with E-state index in [1.165, 1.54) is 48.4 Å². The highest BCUT2D eigenvalue weighted by Gasteiger charge is 2.04. The standard InChI is InChI=1S/C8H15.Al.2H/c1-2-4-6-8-7-5-3-1;;;/h1H,2-8H2;;;. The maximum Gasteiger partial charge on any atom is 0.216 e. The van der Waals surface area contributed by atoms with Crippen molar-refractivity contribution in [1.29, 1.82) is 0 Å². The largest absolute Gasteiger partial charge is 0.216 e. The lowest BCUT2D eigenvalue weighted by Crippen LogP contribution is -1.96. The molecule has 0 aromatic heterocycles. The van der Waals surface area contributed by atoms with Gasteiger partial charge in [0.1, 0.15) is 0 Å². The van der Waals surface area contributed by atoms with Crippen LogP contribution in [0, 0.1) is 0 Å². The Morgan fingerprint density at radius 3 is 1.78 bits per heavy atom. The Morgan fingerprint density at radius 1 is 0.778 bits per heavy atom. The lowest BCUT2D eigenvalue weighted by Gasteiger charge is -2.14. The fraction of sp³-hybridized carbons (Fsp3) is 1.00. The van der Waals surface area contributed by atoms with Crippen LogP contribution >= 0.6 is 0 Å². The maximum atomic E-state index is 1.55. The molecule has 0 spiro atoms. The van der Waals surface area contributed by atoms with E-state index in [4.69, 9.17) is 0 Å². The second kappa shape index (κ2) is 4.36. The van der Waals surface area contributed by atoms with Crippen molar-refractivity contribution in [2.24, 2.45) is 0 Å². The molecule has 1 saturated carbocycles. The van der Waals surface area contributed by atoms with Crippen LogP contribution in [0.3, 0.4) is 0 Å². The Balaban J connectivity index is 2.12. The second-order valence-electron chi connectivity index (χ2n) is 3.45. The second-order valence-corrected chi connectivity index (χ2v) is 5.08. The quantitative estimate of drug-likeness (QED) is 0.452. The van der Waals surface area contributed by atoms with Gasteiger partial charge in [-0.25, -0.2) is 0 Å². The summed E-state index contributed by atoms with van der Waals surface area (Å²) < 4.78 is 1.16. The molecular weight excluding hydrogens is 123 g/mol. The Bertz CT molecular complexity index is 63.0. The summed E-state index contributed by atoms with van der Waals surface area (Å²) in [7, 11) is 0. The Morgan fingerprint density at radius 2 is 1.22 bits per heavy atom. The summed E-state index contributed by atoms with van der Waals surface area (Å²) in [4.78, 5) is 0. The summed E-state index contributed by atoms with van der Waals surface area (Å²) in [6.07, 6.45) is 10.7. The zero-order valence-corrected chi connectivity index (χ0v) is 8.53. The van der Waals surface area contributed by atoms with Gasteiger partial charge in [-0.3, -0.25) is 0 Å². The summed E-state index contributed by atoms with van der Waals surface area (Å²) in [6.45, 7) is 0. The molecule has 0 nitrogen and oxygen atoms in total. The third-order valence-electron chi connectivity index (χ3n) is 2.39. The van der Waals surface area contributed by atoms with Crippen molar-refractivity contribution < 1.29 is 0 Å². The van der Waals surface area contributed by atoms with Crippen molar-refractivity contribution in [3.63, 3.8) is 0 Å². The fourth-order valence-corrected chi connectivity index (χ4v) is 2.48. The molecule has 0 amide bonds. The van der Waals surface area contributed by atoms with E-state index in [0.29, 0.717) is 0 Å². The van der Waals surface area contributed by atoms with Crippen molar-refractivity contribution in [2.45, 2.75) is 49.7 Å². The molecule has 1 rings (SSSR count). The van der Waals surface area contributed by atoms with Crippen LogP contribution in [0.15, 0.2) is 0 Å². The number of rotatable bonds is 0. The van der Waals surface area contributed by atoms with Crippen molar-refractivity contribution in [2.75, 3.05) is 0 Å². The van der Waals surface area contributed by atoms with Crippen LogP contribution in [0.2, 0.25) is 4.78 Å². The molecule has 9 heavy (non-hydrogen) atoms. The lowest BCUT2D eigenvalue weighted by molar-refractivity contribution is 0.504. The maximum absolute atomic E-state index is 1.55. The van der Waals surface area contributed by atoms with Gasteiger partial charge in [0.2, 0.25) is 16.3 Å². The normalized spacial score (nSPS) is 24.9. The molecule has 1 aliphatic carbocycles. The Hall–Kier alpha value is 0.532. The Kier molecular flexibility index (Phi) is 3.70. The topological polar surface area (TPSA) is 0 Å². The first kappa shape index (κ1) is 7.64. The monoisotopic (exact) mass is 140 g/mol. The first-order valence-electron chi connectivity index (χ1n) is 4.39. The molecule has 0 aromatic rings. The molecule has 0 aromatic carbocycles. The van der Waals surface area contributed by atoms with Crippen LogP contribution in [0.4, 0.5) is 0 Å². The van der Waals surface area contributed by atoms with Gasteiger partial charge < -0.3 is 0 Å². The molecule has 0 bridgehead atoms. The first-order valence-corrected chi connectivity index (χ1v) is 5.55. The van der Waals surface area contributed by atoms with Crippen molar-refractivity contribution in [1.82, 2.24) is 0 Å². The van der Waals surface area contributed by atoms with Gasteiger partial charge >= 0.3 is 0 Å². The van der Waals surface area contributed by atoms with Crippen LogP contribution in [0.1, 0.15) is 44.9 Å². The average Bonchev–Trinajstić information content (AvgIpc) is 1.79. The summed E-state index contributed by atoms with van der Waals surface area (Å²) in [5, 5.41) is 0. The highest BCUT2D eigenvalue weighted by atomic mass is 27.0. The molecule has 1 aliphatic rings. The van der Waals surface area contributed by atoms with E-state index in [1.54, 1.807) is 12.8 Å². The van der Waals surface area contributed by atoms with Gasteiger partial charge in [-0.15, -0.1) is 0 Å². The smallest absolute Gasteiger partial charge is 0.0901 e. The van der Waals surface area contributed by atoms with Gasteiger partial charge in [-0.1, -0.05) is 49.7 Å². The molecule has 0 N–H and O–H groups in total. The van der Waals surface area contributed by atoms with E-state index in [9.17, 15) is 0 Å². The summed E-state index contributed by atoms with van der Waals surface area (Å²) in [5.74, 6) is 0. The van der Waals surface area contributed by atoms with Gasteiger partial charge in [0.25, 0.3) is 0 Å². The van der Waals surface area contributed by atoms with Gasteiger partial charge in [-0.2, -0.15) is 0 Å². The lowest BCUT2D eigenvalue weighted by atomic mass is 10.0. The van der Waals surface area contributed by atoms with E-state index in [-0.39, 0.29) is 0 Å². The number of hydrogen-bond donors (Lipinski definition) is 0. The molecule has 0 atom stereocenters. The molecule has 0 radical (unpaired) electrons. The molecule has 52 valence electrons. The van der Waals surface area contributed by atoms with E-state index in [1.807, 2.05) is 0 Å². The molecule has 0 aliphatic heterocycles. The van der Waals surface area contributed by atoms with Crippen LogP contribution in [0.5, 0.6) is 0 Å². The molecule has 1 fully saturated rings. The molecule has 1 heteroatoms. The molecule has 0 heterocycles. The minimum Gasteiger partial charge on any atom is -0.0901 e. The first-order chi connectivity index (χ1) is 4.39. The van der Waals surface area contributed by atoms with Gasteiger partial charge in [0.05, 0.1) is 0 Å². The summed E-state index contributed by atoms with van der Waals surface area (Å²) >= 11 is 1.45. The van der Waals surface area contributed by atoms with E-state index < -0.39 is 0 Å². The third-order valence-corrected chi connectivity index (χ3v) is 3.55. The minimum absolute atomic E-state index is 1.16.